The first kappa shape index (κ1) is 23.7. The van der Waals surface area contributed by atoms with Gasteiger partial charge in [-0.25, -0.2) is 14.8 Å². The van der Waals surface area contributed by atoms with Crippen LogP contribution in [0.25, 0.3) is 0 Å². The lowest BCUT2D eigenvalue weighted by atomic mass is 10.2. The van der Waals surface area contributed by atoms with Gasteiger partial charge in [-0.05, 0) is 37.1 Å². The maximum atomic E-state index is 12.4. The van der Waals surface area contributed by atoms with Crippen molar-refractivity contribution < 1.29 is 24.2 Å². The largest absolute Gasteiger partial charge is 0.494 e. The summed E-state index contributed by atoms with van der Waals surface area (Å²) in [5, 5.41) is 17.5. The van der Waals surface area contributed by atoms with Gasteiger partial charge in [0.2, 0.25) is 5.91 Å². The minimum atomic E-state index is -1.04. The standard InChI is InChI=1S/C22H28N4O5/c1-5-12-25(14-21(28)29)26(16(3)27)17-10-11-19(20(13-17)31-4)24-22(30)23-18-9-7-6-8-15(18)2/h6-11,13H,5,12,14H2,1-4H3,(H,28,29)(H2,23,24,30). The fourth-order valence-corrected chi connectivity index (χ4v) is 3.11. The van der Waals surface area contributed by atoms with Gasteiger partial charge in [0.05, 0.1) is 18.5 Å². The van der Waals surface area contributed by atoms with Crippen molar-refractivity contribution in [2.45, 2.75) is 27.2 Å². The second kappa shape index (κ2) is 11.0. The van der Waals surface area contributed by atoms with Crippen LogP contribution < -0.4 is 20.4 Å². The minimum Gasteiger partial charge on any atom is -0.494 e. The van der Waals surface area contributed by atoms with Gasteiger partial charge in [-0.2, -0.15) is 0 Å². The molecule has 0 radical (unpaired) electrons. The Balaban J connectivity index is 2.27. The van der Waals surface area contributed by atoms with Gasteiger partial charge in [0.25, 0.3) is 0 Å². The number of aliphatic carboxylic acids is 1. The number of amides is 3. The first-order chi connectivity index (χ1) is 14.8. The summed E-state index contributed by atoms with van der Waals surface area (Å²) in [6, 6.07) is 11.8. The smallest absolute Gasteiger partial charge is 0.323 e. The highest BCUT2D eigenvalue weighted by atomic mass is 16.5. The summed E-state index contributed by atoms with van der Waals surface area (Å²) in [6.07, 6.45) is 0.660. The monoisotopic (exact) mass is 428 g/mol. The maximum absolute atomic E-state index is 12.4. The lowest BCUT2D eigenvalue weighted by Crippen LogP contribution is -2.48. The van der Waals surface area contributed by atoms with E-state index in [1.807, 2.05) is 32.0 Å². The maximum Gasteiger partial charge on any atom is 0.323 e. The summed E-state index contributed by atoms with van der Waals surface area (Å²) < 4.78 is 5.40. The second-order valence-corrected chi connectivity index (χ2v) is 6.89. The first-order valence-corrected chi connectivity index (χ1v) is 9.85. The molecule has 0 saturated carbocycles. The number of nitrogens with zero attached hydrogens (tertiary/aromatic N) is 2. The van der Waals surface area contributed by atoms with Crippen LogP contribution in [0.5, 0.6) is 5.75 Å². The van der Waals surface area contributed by atoms with Crippen LogP contribution in [-0.2, 0) is 9.59 Å². The quantitative estimate of drug-likeness (QED) is 0.525. The SMILES string of the molecule is CCCN(CC(=O)O)N(C(C)=O)c1ccc(NC(=O)Nc2ccccc2C)c(OC)c1. The van der Waals surface area contributed by atoms with Gasteiger partial charge in [0.15, 0.2) is 0 Å². The Morgan fingerprint density at radius 2 is 1.74 bits per heavy atom. The first-order valence-electron chi connectivity index (χ1n) is 9.85. The van der Waals surface area contributed by atoms with Crippen molar-refractivity contribution in [3.63, 3.8) is 0 Å². The van der Waals surface area contributed by atoms with Crippen LogP contribution in [-0.4, -0.2) is 48.2 Å². The fraction of sp³-hybridized carbons (Fsp3) is 0.318. The van der Waals surface area contributed by atoms with E-state index in [4.69, 9.17) is 4.74 Å². The number of anilines is 3. The van der Waals surface area contributed by atoms with Crippen molar-refractivity contribution in [2.75, 3.05) is 35.8 Å². The number of hydrogen-bond acceptors (Lipinski definition) is 5. The summed E-state index contributed by atoms with van der Waals surface area (Å²) in [5.74, 6) is -1.05. The zero-order chi connectivity index (χ0) is 23.0. The molecule has 0 heterocycles. The molecule has 0 unspecified atom stereocenters. The van der Waals surface area contributed by atoms with Crippen LogP contribution in [0.15, 0.2) is 42.5 Å². The van der Waals surface area contributed by atoms with Crippen molar-refractivity contribution in [1.82, 2.24) is 5.01 Å². The van der Waals surface area contributed by atoms with E-state index in [1.165, 1.54) is 24.1 Å². The van der Waals surface area contributed by atoms with E-state index in [2.05, 4.69) is 10.6 Å². The lowest BCUT2D eigenvalue weighted by molar-refractivity contribution is -0.138. The number of rotatable bonds is 9. The van der Waals surface area contributed by atoms with Crippen molar-refractivity contribution in [3.8, 4) is 5.75 Å². The Hall–Kier alpha value is -3.59. The van der Waals surface area contributed by atoms with Gasteiger partial charge in [-0.3, -0.25) is 9.59 Å². The van der Waals surface area contributed by atoms with Gasteiger partial charge < -0.3 is 20.5 Å². The van der Waals surface area contributed by atoms with Gasteiger partial charge in [-0.1, -0.05) is 25.1 Å². The molecule has 0 bridgehead atoms. The van der Waals surface area contributed by atoms with Crippen LogP contribution in [0, 0.1) is 6.92 Å². The molecular formula is C22H28N4O5. The highest BCUT2D eigenvalue weighted by Crippen LogP contribution is 2.31. The zero-order valence-corrected chi connectivity index (χ0v) is 18.1. The summed E-state index contributed by atoms with van der Waals surface area (Å²) in [6.45, 7) is 5.20. The number of carboxylic acid groups (broad SMARTS) is 1. The predicted molar refractivity (Wildman–Crippen MR) is 119 cm³/mol. The third-order valence-corrected chi connectivity index (χ3v) is 4.45. The van der Waals surface area contributed by atoms with E-state index in [9.17, 15) is 19.5 Å². The average Bonchev–Trinajstić information content (AvgIpc) is 2.70. The lowest BCUT2D eigenvalue weighted by Gasteiger charge is -2.33. The second-order valence-electron chi connectivity index (χ2n) is 6.89. The number of carboxylic acids is 1. The molecule has 2 aromatic rings. The highest BCUT2D eigenvalue weighted by molar-refractivity contribution is 6.01. The summed E-state index contributed by atoms with van der Waals surface area (Å²) in [7, 11) is 1.45. The molecule has 0 saturated heterocycles. The fourth-order valence-electron chi connectivity index (χ4n) is 3.11. The molecule has 0 atom stereocenters. The van der Waals surface area contributed by atoms with E-state index in [1.54, 1.807) is 24.3 Å². The van der Waals surface area contributed by atoms with E-state index < -0.39 is 12.0 Å². The normalized spacial score (nSPS) is 10.5. The zero-order valence-electron chi connectivity index (χ0n) is 18.1. The number of para-hydroxylation sites is 1. The molecule has 0 spiro atoms. The molecule has 9 nitrogen and oxygen atoms in total. The minimum absolute atomic E-state index is 0.325. The number of aryl methyl sites for hydroxylation is 1. The van der Waals surface area contributed by atoms with E-state index >= 15 is 0 Å². The van der Waals surface area contributed by atoms with Gasteiger partial charge in [0, 0.05) is 25.2 Å². The molecule has 0 aliphatic rings. The summed E-state index contributed by atoms with van der Waals surface area (Å²) in [4.78, 5) is 36.0. The number of hydrazine groups is 1. The Bertz CT molecular complexity index is 947. The number of nitrogens with one attached hydrogen (secondary N) is 2. The molecule has 31 heavy (non-hydrogen) atoms. The van der Waals surface area contributed by atoms with Crippen LogP contribution in [0.4, 0.5) is 21.9 Å². The van der Waals surface area contributed by atoms with Gasteiger partial charge >= 0.3 is 12.0 Å². The van der Waals surface area contributed by atoms with Crippen LogP contribution in [0.2, 0.25) is 0 Å². The molecule has 9 heteroatoms. The topological polar surface area (TPSA) is 111 Å². The number of carbonyl (C=O) groups is 3. The Labute approximate surface area is 181 Å². The Morgan fingerprint density at radius 1 is 1.06 bits per heavy atom. The predicted octanol–water partition coefficient (Wildman–Crippen LogP) is 3.71. The molecule has 2 aromatic carbocycles. The Morgan fingerprint density at radius 3 is 2.32 bits per heavy atom. The summed E-state index contributed by atoms with van der Waals surface area (Å²) in [5.41, 5.74) is 2.44. The van der Waals surface area contributed by atoms with E-state index in [-0.39, 0.29) is 12.5 Å². The van der Waals surface area contributed by atoms with Crippen LogP contribution >= 0.6 is 0 Å². The third kappa shape index (κ3) is 6.45. The third-order valence-electron chi connectivity index (χ3n) is 4.45. The number of ether oxygens (including phenoxy) is 1. The van der Waals surface area contributed by atoms with Crippen molar-refractivity contribution in [2.24, 2.45) is 0 Å². The van der Waals surface area contributed by atoms with E-state index in [0.717, 1.165) is 5.56 Å². The molecule has 3 N–H and O–H groups in total. The molecule has 3 amide bonds. The molecule has 2 rings (SSSR count). The molecule has 0 aliphatic carbocycles. The van der Waals surface area contributed by atoms with Crippen LogP contribution in [0.1, 0.15) is 25.8 Å². The number of carbonyl (C=O) groups excluding carboxylic acids is 2. The van der Waals surface area contributed by atoms with Gasteiger partial charge in [-0.15, -0.1) is 0 Å². The number of urea groups is 1. The average molecular weight is 428 g/mol. The van der Waals surface area contributed by atoms with Gasteiger partial charge in [0.1, 0.15) is 12.3 Å². The molecular weight excluding hydrogens is 400 g/mol. The van der Waals surface area contributed by atoms with Crippen molar-refractivity contribution in [3.05, 3.63) is 48.0 Å². The Kier molecular flexibility index (Phi) is 8.39. The number of hydrogen-bond donors (Lipinski definition) is 3. The number of methoxy groups -OCH3 is 1. The van der Waals surface area contributed by atoms with Crippen molar-refractivity contribution in [1.29, 1.82) is 0 Å². The molecule has 0 fully saturated rings. The molecule has 0 aromatic heterocycles. The highest BCUT2D eigenvalue weighted by Gasteiger charge is 2.23. The molecule has 0 aliphatic heterocycles. The van der Waals surface area contributed by atoms with Crippen molar-refractivity contribution >= 4 is 35.0 Å². The van der Waals surface area contributed by atoms with Crippen LogP contribution in [0.3, 0.4) is 0 Å². The van der Waals surface area contributed by atoms with E-state index in [0.29, 0.717) is 35.8 Å². The number of benzene rings is 2. The molecule has 166 valence electrons. The summed E-state index contributed by atoms with van der Waals surface area (Å²) >= 11 is 0.